The molecule has 0 radical (unpaired) electrons. The van der Waals surface area contributed by atoms with Crippen LogP contribution in [0.2, 0.25) is 0 Å². The van der Waals surface area contributed by atoms with Gasteiger partial charge in [-0.15, -0.1) is 21.5 Å². The highest BCUT2D eigenvalue weighted by atomic mass is 32.1. The van der Waals surface area contributed by atoms with E-state index in [1.165, 1.54) is 4.88 Å². The summed E-state index contributed by atoms with van der Waals surface area (Å²) < 4.78 is 5.73. The van der Waals surface area contributed by atoms with Gasteiger partial charge in [-0.25, -0.2) is 0 Å². The molecule has 19 heavy (non-hydrogen) atoms. The molecule has 0 amide bonds. The van der Waals surface area contributed by atoms with E-state index in [2.05, 4.69) is 46.9 Å². The summed E-state index contributed by atoms with van der Waals surface area (Å²) in [4.78, 5) is 1.42. The summed E-state index contributed by atoms with van der Waals surface area (Å²) in [7, 11) is 0. The molecule has 1 atom stereocenters. The lowest BCUT2D eigenvalue weighted by molar-refractivity contribution is 0.375. The lowest BCUT2D eigenvalue weighted by atomic mass is 10.2. The molecule has 1 unspecified atom stereocenters. The third-order valence-corrected chi connectivity index (χ3v) is 3.97. The predicted octanol–water partition coefficient (Wildman–Crippen LogP) is 3.37. The van der Waals surface area contributed by atoms with Crippen LogP contribution in [0, 0.1) is 0 Å². The number of hydrogen-bond acceptors (Lipinski definition) is 5. The molecule has 0 aliphatic heterocycles. The van der Waals surface area contributed by atoms with Gasteiger partial charge < -0.3 is 9.73 Å². The van der Waals surface area contributed by atoms with Crippen LogP contribution >= 0.6 is 11.3 Å². The molecule has 2 rings (SSSR count). The van der Waals surface area contributed by atoms with E-state index in [9.17, 15) is 0 Å². The Bertz CT molecular complexity index is 467. The van der Waals surface area contributed by atoms with Gasteiger partial charge in [-0.1, -0.05) is 19.9 Å². The minimum Gasteiger partial charge on any atom is -0.424 e. The summed E-state index contributed by atoms with van der Waals surface area (Å²) in [6.07, 6.45) is 3.96. The molecule has 0 aliphatic carbocycles. The van der Waals surface area contributed by atoms with E-state index in [0.717, 1.165) is 44.0 Å². The van der Waals surface area contributed by atoms with Crippen molar-refractivity contribution in [1.82, 2.24) is 15.5 Å². The van der Waals surface area contributed by atoms with Crippen molar-refractivity contribution in [3.63, 3.8) is 0 Å². The van der Waals surface area contributed by atoms with Crippen molar-refractivity contribution < 1.29 is 4.42 Å². The van der Waals surface area contributed by atoms with Crippen molar-refractivity contribution in [2.75, 3.05) is 6.54 Å². The Kier molecular flexibility index (Phi) is 5.54. The second-order valence-corrected chi connectivity index (χ2v) is 5.52. The summed E-state index contributed by atoms with van der Waals surface area (Å²) in [5.41, 5.74) is 0. The minimum absolute atomic E-state index is 0.184. The number of aromatic nitrogens is 2. The molecule has 5 heteroatoms. The first kappa shape index (κ1) is 14.2. The largest absolute Gasteiger partial charge is 0.424 e. The standard InChI is InChI=1S/C14H21N3OS/c1-3-12(15-4-2)14-17-16-13(18-14)9-5-7-11-8-6-10-19-11/h6,8,10,12,15H,3-5,7,9H2,1-2H3. The van der Waals surface area contributed by atoms with Gasteiger partial charge in [0.25, 0.3) is 0 Å². The summed E-state index contributed by atoms with van der Waals surface area (Å²) in [6.45, 7) is 5.11. The van der Waals surface area contributed by atoms with Crippen molar-refractivity contribution in [2.45, 2.75) is 45.6 Å². The van der Waals surface area contributed by atoms with E-state index >= 15 is 0 Å². The molecule has 0 saturated carbocycles. The lowest BCUT2D eigenvalue weighted by Crippen LogP contribution is -2.20. The lowest BCUT2D eigenvalue weighted by Gasteiger charge is -2.09. The fourth-order valence-corrected chi connectivity index (χ4v) is 2.78. The highest BCUT2D eigenvalue weighted by molar-refractivity contribution is 7.09. The Hall–Kier alpha value is -1.20. The Labute approximate surface area is 118 Å². The van der Waals surface area contributed by atoms with Crippen LogP contribution in [0.15, 0.2) is 21.9 Å². The molecule has 1 N–H and O–H groups in total. The maximum Gasteiger partial charge on any atom is 0.233 e. The van der Waals surface area contributed by atoms with Gasteiger partial charge >= 0.3 is 0 Å². The van der Waals surface area contributed by atoms with Crippen LogP contribution in [0.25, 0.3) is 0 Å². The van der Waals surface area contributed by atoms with Gasteiger partial charge in [-0.3, -0.25) is 0 Å². The Morgan fingerprint density at radius 2 is 2.21 bits per heavy atom. The van der Waals surface area contributed by atoms with Crippen molar-refractivity contribution in [1.29, 1.82) is 0 Å². The van der Waals surface area contributed by atoms with Crippen LogP contribution < -0.4 is 5.32 Å². The zero-order chi connectivity index (χ0) is 13.5. The Balaban J connectivity index is 1.83. The van der Waals surface area contributed by atoms with E-state index in [4.69, 9.17) is 4.42 Å². The number of rotatable bonds is 8. The fraction of sp³-hybridized carbons (Fsp3) is 0.571. The van der Waals surface area contributed by atoms with Crippen LogP contribution in [-0.4, -0.2) is 16.7 Å². The molecule has 104 valence electrons. The Morgan fingerprint density at radius 3 is 2.89 bits per heavy atom. The first-order chi connectivity index (χ1) is 9.33. The van der Waals surface area contributed by atoms with Crippen LogP contribution in [-0.2, 0) is 12.8 Å². The first-order valence-electron chi connectivity index (χ1n) is 6.91. The molecule has 2 aromatic heterocycles. The van der Waals surface area contributed by atoms with Gasteiger partial charge in [0, 0.05) is 11.3 Å². The van der Waals surface area contributed by atoms with Gasteiger partial charge in [0.1, 0.15) is 0 Å². The first-order valence-corrected chi connectivity index (χ1v) is 7.79. The molecule has 0 spiro atoms. The van der Waals surface area contributed by atoms with Crippen molar-refractivity contribution >= 4 is 11.3 Å². The summed E-state index contributed by atoms with van der Waals surface area (Å²) in [5.74, 6) is 1.47. The molecule has 4 nitrogen and oxygen atoms in total. The summed E-state index contributed by atoms with van der Waals surface area (Å²) >= 11 is 1.80. The molecular weight excluding hydrogens is 258 g/mol. The molecule has 0 aliphatic rings. The maximum absolute atomic E-state index is 5.73. The maximum atomic E-state index is 5.73. The van der Waals surface area contributed by atoms with Crippen LogP contribution in [0.3, 0.4) is 0 Å². The second-order valence-electron chi connectivity index (χ2n) is 4.49. The van der Waals surface area contributed by atoms with E-state index in [0.29, 0.717) is 0 Å². The predicted molar refractivity (Wildman–Crippen MR) is 77.4 cm³/mol. The van der Waals surface area contributed by atoms with E-state index in [1.54, 1.807) is 11.3 Å². The average Bonchev–Trinajstić information content (AvgIpc) is 3.07. The SMILES string of the molecule is CCNC(CC)c1nnc(CCCc2cccs2)o1. The Morgan fingerprint density at radius 1 is 1.32 bits per heavy atom. The molecule has 0 saturated heterocycles. The number of nitrogens with one attached hydrogen (secondary N) is 1. The van der Waals surface area contributed by atoms with Gasteiger partial charge in [0.15, 0.2) is 0 Å². The topological polar surface area (TPSA) is 51.0 Å². The number of hydrogen-bond donors (Lipinski definition) is 1. The van der Waals surface area contributed by atoms with Gasteiger partial charge in [-0.05, 0) is 37.3 Å². The highest BCUT2D eigenvalue weighted by Crippen LogP contribution is 2.17. The van der Waals surface area contributed by atoms with Crippen LogP contribution in [0.1, 0.15) is 49.4 Å². The highest BCUT2D eigenvalue weighted by Gasteiger charge is 2.15. The number of thiophene rings is 1. The minimum atomic E-state index is 0.184. The summed E-state index contributed by atoms with van der Waals surface area (Å²) in [6, 6.07) is 4.44. The van der Waals surface area contributed by atoms with Crippen molar-refractivity contribution in [2.24, 2.45) is 0 Å². The molecular formula is C14H21N3OS. The molecule has 2 heterocycles. The monoisotopic (exact) mass is 279 g/mol. The van der Waals surface area contributed by atoms with Gasteiger partial charge in [0.2, 0.25) is 11.8 Å². The molecule has 2 aromatic rings. The fourth-order valence-electron chi connectivity index (χ4n) is 2.03. The zero-order valence-corrected chi connectivity index (χ0v) is 12.4. The second kappa shape index (κ2) is 7.40. The molecule has 0 bridgehead atoms. The van der Waals surface area contributed by atoms with E-state index in [1.807, 2.05) is 0 Å². The average molecular weight is 279 g/mol. The van der Waals surface area contributed by atoms with Gasteiger partial charge in [0.05, 0.1) is 6.04 Å². The van der Waals surface area contributed by atoms with E-state index in [-0.39, 0.29) is 6.04 Å². The third-order valence-electron chi connectivity index (χ3n) is 3.03. The van der Waals surface area contributed by atoms with Crippen molar-refractivity contribution in [3.05, 3.63) is 34.2 Å². The third kappa shape index (κ3) is 4.14. The molecule has 0 aromatic carbocycles. The zero-order valence-electron chi connectivity index (χ0n) is 11.6. The van der Waals surface area contributed by atoms with Gasteiger partial charge in [-0.2, -0.15) is 0 Å². The quantitative estimate of drug-likeness (QED) is 0.805. The van der Waals surface area contributed by atoms with Crippen LogP contribution in [0.4, 0.5) is 0 Å². The van der Waals surface area contributed by atoms with E-state index < -0.39 is 0 Å². The summed E-state index contributed by atoms with van der Waals surface area (Å²) in [5, 5.41) is 13.7. The van der Waals surface area contributed by atoms with Crippen molar-refractivity contribution in [3.8, 4) is 0 Å². The van der Waals surface area contributed by atoms with Crippen LogP contribution in [0.5, 0.6) is 0 Å². The number of aryl methyl sites for hydroxylation is 2. The molecule has 0 fully saturated rings. The smallest absolute Gasteiger partial charge is 0.233 e. The number of nitrogens with zero attached hydrogens (tertiary/aromatic N) is 2. The normalized spacial score (nSPS) is 12.7.